The van der Waals surface area contributed by atoms with E-state index in [1.165, 1.54) is 43.2 Å². The highest BCUT2D eigenvalue weighted by Gasteiger charge is 2.08. The van der Waals surface area contributed by atoms with Gasteiger partial charge in [-0.1, -0.05) is 51.3 Å². The van der Waals surface area contributed by atoms with Crippen molar-refractivity contribution < 1.29 is 0 Å². The molecule has 0 spiro atoms. The molecule has 20 heavy (non-hydrogen) atoms. The highest BCUT2D eigenvalue weighted by Crippen LogP contribution is 2.17. The van der Waals surface area contributed by atoms with Crippen LogP contribution in [0.15, 0.2) is 18.2 Å². The number of nitrogens with zero attached hydrogens (tertiary/aromatic N) is 3. The van der Waals surface area contributed by atoms with Crippen LogP contribution in [0.5, 0.6) is 0 Å². The Morgan fingerprint density at radius 1 is 1.15 bits per heavy atom. The van der Waals surface area contributed by atoms with Crippen molar-refractivity contribution in [1.82, 2.24) is 15.0 Å². The largest absolute Gasteiger partial charge is 0.244 e. The number of aryl methyl sites for hydroxylation is 1. The van der Waals surface area contributed by atoms with Crippen LogP contribution in [0.25, 0.3) is 11.0 Å². The van der Waals surface area contributed by atoms with E-state index < -0.39 is 0 Å². The molecule has 2 aromatic rings. The lowest BCUT2D eigenvalue weighted by Gasteiger charge is -2.10. The predicted octanol–water partition coefficient (Wildman–Crippen LogP) is 4.60. The Morgan fingerprint density at radius 2 is 2.00 bits per heavy atom. The number of aromatic nitrogens is 3. The van der Waals surface area contributed by atoms with Gasteiger partial charge >= 0.3 is 0 Å². The highest BCUT2D eigenvalue weighted by atomic mass is 15.4. The molecule has 3 heteroatoms. The molecule has 110 valence electrons. The molecule has 0 radical (unpaired) electrons. The summed E-state index contributed by atoms with van der Waals surface area (Å²) in [4.78, 5) is 0. The molecular formula is C17H27N3. The Kier molecular flexibility index (Phi) is 5.57. The average Bonchev–Trinajstić information content (AvgIpc) is 2.82. The molecule has 1 heterocycles. The smallest absolute Gasteiger partial charge is 0.113 e. The van der Waals surface area contributed by atoms with Crippen LogP contribution < -0.4 is 0 Å². The Labute approximate surface area is 122 Å². The van der Waals surface area contributed by atoms with Gasteiger partial charge in [0.15, 0.2) is 0 Å². The molecule has 2 rings (SSSR count). The van der Waals surface area contributed by atoms with Crippen LogP contribution in [-0.4, -0.2) is 15.0 Å². The minimum absolute atomic E-state index is 0.661. The molecule has 0 saturated heterocycles. The predicted molar refractivity (Wildman–Crippen MR) is 84.8 cm³/mol. The lowest BCUT2D eigenvalue weighted by Crippen LogP contribution is -2.08. The molecule has 0 bridgehead atoms. The van der Waals surface area contributed by atoms with Crippen LogP contribution in [0.3, 0.4) is 0 Å². The number of hydrogen-bond donors (Lipinski definition) is 0. The molecule has 1 atom stereocenters. The molecule has 1 aromatic heterocycles. The minimum atomic E-state index is 0.661. The summed E-state index contributed by atoms with van der Waals surface area (Å²) in [6.45, 7) is 7.74. The van der Waals surface area contributed by atoms with E-state index in [1.54, 1.807) is 0 Å². The number of fused-ring (bicyclic) bond motifs is 1. The molecule has 0 amide bonds. The van der Waals surface area contributed by atoms with Crippen molar-refractivity contribution in [2.75, 3.05) is 0 Å². The summed E-state index contributed by atoms with van der Waals surface area (Å²) in [5.41, 5.74) is 3.61. The Bertz CT molecular complexity index is 530. The van der Waals surface area contributed by atoms with Crippen LogP contribution in [0.1, 0.15) is 58.4 Å². The van der Waals surface area contributed by atoms with Gasteiger partial charge in [0, 0.05) is 6.54 Å². The van der Waals surface area contributed by atoms with Crippen LogP contribution in [-0.2, 0) is 13.0 Å². The van der Waals surface area contributed by atoms with Gasteiger partial charge in [-0.2, -0.15) is 0 Å². The molecule has 0 N–H and O–H groups in total. The van der Waals surface area contributed by atoms with Crippen LogP contribution in [0, 0.1) is 5.92 Å². The standard InChI is InChI=1S/C17H27N3/c1-4-6-7-9-15-10-11-17-16(12-15)18-19-20(17)13-14(3)8-5-2/h10-12,14H,4-9,13H2,1-3H3. The molecule has 0 saturated carbocycles. The molecule has 0 fully saturated rings. The van der Waals surface area contributed by atoms with Crippen molar-refractivity contribution in [2.45, 2.75) is 65.8 Å². The number of benzene rings is 1. The molecule has 0 aliphatic carbocycles. The summed E-state index contributed by atoms with van der Waals surface area (Å²) >= 11 is 0. The van der Waals surface area contributed by atoms with Gasteiger partial charge in [-0.25, -0.2) is 4.68 Å². The Morgan fingerprint density at radius 3 is 2.75 bits per heavy atom. The summed E-state index contributed by atoms with van der Waals surface area (Å²) in [5.74, 6) is 0.661. The zero-order valence-electron chi connectivity index (χ0n) is 13.1. The third-order valence-electron chi connectivity index (χ3n) is 3.91. The maximum Gasteiger partial charge on any atom is 0.113 e. The molecule has 0 aliphatic heterocycles. The van der Waals surface area contributed by atoms with Gasteiger partial charge in [-0.15, -0.1) is 5.10 Å². The maximum atomic E-state index is 4.33. The monoisotopic (exact) mass is 273 g/mol. The van der Waals surface area contributed by atoms with Gasteiger partial charge in [0.2, 0.25) is 0 Å². The van der Waals surface area contributed by atoms with E-state index in [0.717, 1.165) is 18.5 Å². The van der Waals surface area contributed by atoms with E-state index in [2.05, 4.69) is 54.0 Å². The van der Waals surface area contributed by atoms with Gasteiger partial charge in [0.05, 0.1) is 5.52 Å². The molecule has 1 unspecified atom stereocenters. The van der Waals surface area contributed by atoms with Gasteiger partial charge in [-0.3, -0.25) is 0 Å². The average molecular weight is 273 g/mol. The third kappa shape index (κ3) is 3.81. The second-order valence-corrected chi connectivity index (χ2v) is 5.95. The molecular weight excluding hydrogens is 246 g/mol. The van der Waals surface area contributed by atoms with Crippen molar-refractivity contribution in [3.8, 4) is 0 Å². The topological polar surface area (TPSA) is 30.7 Å². The normalized spacial score (nSPS) is 12.9. The number of hydrogen-bond acceptors (Lipinski definition) is 2. The van der Waals surface area contributed by atoms with E-state index in [-0.39, 0.29) is 0 Å². The minimum Gasteiger partial charge on any atom is -0.244 e. The van der Waals surface area contributed by atoms with Crippen LogP contribution in [0.4, 0.5) is 0 Å². The van der Waals surface area contributed by atoms with Crippen molar-refractivity contribution in [2.24, 2.45) is 5.92 Å². The third-order valence-corrected chi connectivity index (χ3v) is 3.91. The lowest BCUT2D eigenvalue weighted by atomic mass is 10.1. The first-order chi connectivity index (χ1) is 9.74. The fourth-order valence-corrected chi connectivity index (χ4v) is 2.77. The zero-order chi connectivity index (χ0) is 14.4. The second-order valence-electron chi connectivity index (χ2n) is 5.95. The van der Waals surface area contributed by atoms with Crippen LogP contribution >= 0.6 is 0 Å². The fourth-order valence-electron chi connectivity index (χ4n) is 2.77. The molecule has 3 nitrogen and oxygen atoms in total. The van der Waals surface area contributed by atoms with Crippen molar-refractivity contribution in [3.63, 3.8) is 0 Å². The zero-order valence-corrected chi connectivity index (χ0v) is 13.1. The maximum absolute atomic E-state index is 4.33. The Hall–Kier alpha value is -1.38. The first kappa shape index (κ1) is 15.0. The van der Waals surface area contributed by atoms with E-state index in [4.69, 9.17) is 0 Å². The summed E-state index contributed by atoms with van der Waals surface area (Å²) < 4.78 is 2.06. The quantitative estimate of drug-likeness (QED) is 0.658. The van der Waals surface area contributed by atoms with Gasteiger partial charge < -0.3 is 0 Å². The number of unbranched alkanes of at least 4 members (excludes halogenated alkanes) is 2. The summed E-state index contributed by atoms with van der Waals surface area (Å²) in [5, 5.41) is 8.66. The fraction of sp³-hybridized carbons (Fsp3) is 0.647. The van der Waals surface area contributed by atoms with Gasteiger partial charge in [0.1, 0.15) is 5.52 Å². The first-order valence-corrected chi connectivity index (χ1v) is 8.06. The van der Waals surface area contributed by atoms with E-state index >= 15 is 0 Å². The SMILES string of the molecule is CCCCCc1ccc2c(c1)nnn2CC(C)CCC. The van der Waals surface area contributed by atoms with Crippen molar-refractivity contribution in [3.05, 3.63) is 23.8 Å². The Balaban J connectivity index is 2.08. The lowest BCUT2D eigenvalue weighted by molar-refractivity contribution is 0.421. The summed E-state index contributed by atoms with van der Waals surface area (Å²) in [6.07, 6.45) is 7.48. The van der Waals surface area contributed by atoms with E-state index in [0.29, 0.717) is 5.92 Å². The number of rotatable bonds is 8. The van der Waals surface area contributed by atoms with Gasteiger partial charge in [-0.05, 0) is 42.9 Å². The summed E-state index contributed by atoms with van der Waals surface area (Å²) in [6, 6.07) is 6.64. The van der Waals surface area contributed by atoms with Gasteiger partial charge in [0.25, 0.3) is 0 Å². The van der Waals surface area contributed by atoms with Crippen LogP contribution in [0.2, 0.25) is 0 Å². The van der Waals surface area contributed by atoms with Crippen molar-refractivity contribution in [1.29, 1.82) is 0 Å². The molecule has 0 aliphatic rings. The van der Waals surface area contributed by atoms with E-state index in [9.17, 15) is 0 Å². The summed E-state index contributed by atoms with van der Waals surface area (Å²) in [7, 11) is 0. The van der Waals surface area contributed by atoms with Crippen molar-refractivity contribution >= 4 is 11.0 Å². The highest BCUT2D eigenvalue weighted by molar-refractivity contribution is 5.75. The first-order valence-electron chi connectivity index (χ1n) is 8.06. The van der Waals surface area contributed by atoms with E-state index in [1.807, 2.05) is 0 Å². The molecule has 1 aromatic carbocycles. The second kappa shape index (κ2) is 7.41.